The van der Waals surface area contributed by atoms with E-state index in [4.69, 9.17) is 0 Å². The lowest BCUT2D eigenvalue weighted by molar-refractivity contribution is 0.0816. The average molecular weight is 190 g/mol. The molecule has 0 fully saturated rings. The van der Waals surface area contributed by atoms with Crippen LogP contribution in [0.25, 0.3) is 6.08 Å². The Bertz CT molecular complexity index is 303. The molecular weight excluding hydrogens is 176 g/mol. The van der Waals surface area contributed by atoms with Crippen molar-refractivity contribution in [2.45, 2.75) is 12.2 Å². The molecule has 0 heterocycles. The van der Waals surface area contributed by atoms with Gasteiger partial charge in [0.1, 0.15) is 12.2 Å². The van der Waals surface area contributed by atoms with Gasteiger partial charge in [-0.15, -0.1) is 6.58 Å². The smallest absolute Gasteiger partial charge is 0.102 e. The molecule has 0 aliphatic rings. The van der Waals surface area contributed by atoms with Gasteiger partial charge in [-0.1, -0.05) is 48.6 Å². The van der Waals surface area contributed by atoms with Crippen LogP contribution < -0.4 is 0 Å². The normalized spacial score (nSPS) is 15.3. The van der Waals surface area contributed by atoms with E-state index in [0.717, 1.165) is 5.56 Å². The lowest BCUT2D eigenvalue weighted by Crippen LogP contribution is -2.20. The van der Waals surface area contributed by atoms with E-state index in [9.17, 15) is 10.2 Å². The van der Waals surface area contributed by atoms with Crippen LogP contribution in [0.15, 0.2) is 49.1 Å². The molecule has 0 unspecified atom stereocenters. The van der Waals surface area contributed by atoms with Gasteiger partial charge in [-0.25, -0.2) is 0 Å². The SMILES string of the molecule is C=C[C@@H](O)[C@H](O)/C=C/c1ccccc1. The fourth-order valence-corrected chi connectivity index (χ4v) is 1.03. The Kier molecular flexibility index (Phi) is 4.11. The Morgan fingerprint density at radius 2 is 1.71 bits per heavy atom. The van der Waals surface area contributed by atoms with Gasteiger partial charge in [-0.3, -0.25) is 0 Å². The third-order valence-electron chi connectivity index (χ3n) is 1.88. The fraction of sp³-hybridized carbons (Fsp3) is 0.167. The second-order valence-corrected chi connectivity index (χ2v) is 2.99. The largest absolute Gasteiger partial charge is 0.386 e. The molecule has 1 aromatic carbocycles. The second-order valence-electron chi connectivity index (χ2n) is 2.99. The molecule has 14 heavy (non-hydrogen) atoms. The number of aliphatic hydroxyl groups is 2. The van der Waals surface area contributed by atoms with Crippen LogP contribution in [0.5, 0.6) is 0 Å². The van der Waals surface area contributed by atoms with E-state index in [2.05, 4.69) is 6.58 Å². The van der Waals surface area contributed by atoms with Gasteiger partial charge >= 0.3 is 0 Å². The summed E-state index contributed by atoms with van der Waals surface area (Å²) in [4.78, 5) is 0. The first kappa shape index (κ1) is 10.7. The molecule has 2 heteroatoms. The van der Waals surface area contributed by atoms with Gasteiger partial charge in [0, 0.05) is 0 Å². The molecule has 1 aromatic rings. The summed E-state index contributed by atoms with van der Waals surface area (Å²) in [5, 5.41) is 18.6. The minimum atomic E-state index is -0.907. The molecule has 0 aromatic heterocycles. The highest BCUT2D eigenvalue weighted by Gasteiger charge is 2.07. The van der Waals surface area contributed by atoms with Crippen LogP contribution in [0.1, 0.15) is 5.56 Å². The van der Waals surface area contributed by atoms with Crippen LogP contribution in [0.4, 0.5) is 0 Å². The molecule has 0 aliphatic heterocycles. The zero-order chi connectivity index (χ0) is 10.4. The van der Waals surface area contributed by atoms with Gasteiger partial charge in [0.15, 0.2) is 0 Å². The number of rotatable bonds is 4. The van der Waals surface area contributed by atoms with E-state index < -0.39 is 12.2 Å². The topological polar surface area (TPSA) is 40.5 Å². The molecular formula is C12H14O2. The van der Waals surface area contributed by atoms with Crippen LogP contribution >= 0.6 is 0 Å². The Morgan fingerprint density at radius 3 is 2.29 bits per heavy atom. The molecule has 0 radical (unpaired) electrons. The third kappa shape index (κ3) is 3.17. The van der Waals surface area contributed by atoms with Crippen LogP contribution in [0.3, 0.4) is 0 Å². The van der Waals surface area contributed by atoms with E-state index in [-0.39, 0.29) is 0 Å². The lowest BCUT2D eigenvalue weighted by atomic mass is 10.1. The zero-order valence-electron chi connectivity index (χ0n) is 7.88. The Balaban J connectivity index is 2.60. The summed E-state index contributed by atoms with van der Waals surface area (Å²) in [5.74, 6) is 0. The minimum Gasteiger partial charge on any atom is -0.386 e. The van der Waals surface area contributed by atoms with Crippen LogP contribution in [-0.4, -0.2) is 22.4 Å². The Labute approximate surface area is 83.8 Å². The van der Waals surface area contributed by atoms with E-state index in [0.29, 0.717) is 0 Å². The first-order valence-electron chi connectivity index (χ1n) is 4.46. The van der Waals surface area contributed by atoms with E-state index >= 15 is 0 Å². The van der Waals surface area contributed by atoms with Gasteiger partial charge in [0.2, 0.25) is 0 Å². The Hall–Kier alpha value is -1.38. The first-order valence-corrected chi connectivity index (χ1v) is 4.46. The monoisotopic (exact) mass is 190 g/mol. The molecule has 0 amide bonds. The lowest BCUT2D eigenvalue weighted by Gasteiger charge is -2.08. The standard InChI is InChI=1S/C12H14O2/c1-2-11(13)12(14)9-8-10-6-4-3-5-7-10/h2-9,11-14H,1H2/b9-8+/t11-,12-/m1/s1. The number of hydrogen-bond acceptors (Lipinski definition) is 2. The summed E-state index contributed by atoms with van der Waals surface area (Å²) in [6.45, 7) is 3.39. The summed E-state index contributed by atoms with van der Waals surface area (Å²) < 4.78 is 0. The van der Waals surface area contributed by atoms with Crippen LogP contribution in [0.2, 0.25) is 0 Å². The van der Waals surface area contributed by atoms with Gasteiger partial charge in [-0.2, -0.15) is 0 Å². The molecule has 0 aliphatic carbocycles. The molecule has 2 N–H and O–H groups in total. The number of benzene rings is 1. The average Bonchev–Trinajstić information content (AvgIpc) is 2.26. The summed E-state index contributed by atoms with van der Waals surface area (Å²) in [6, 6.07) is 9.59. The van der Waals surface area contributed by atoms with Crippen molar-refractivity contribution in [1.29, 1.82) is 0 Å². The molecule has 2 nitrogen and oxygen atoms in total. The van der Waals surface area contributed by atoms with Gasteiger partial charge in [-0.05, 0) is 5.56 Å². The summed E-state index contributed by atoms with van der Waals surface area (Å²) in [7, 11) is 0. The number of hydrogen-bond donors (Lipinski definition) is 2. The van der Waals surface area contributed by atoms with Gasteiger partial charge in [0.25, 0.3) is 0 Å². The third-order valence-corrected chi connectivity index (χ3v) is 1.88. The highest BCUT2D eigenvalue weighted by molar-refractivity contribution is 5.49. The van der Waals surface area contributed by atoms with Crippen LogP contribution in [-0.2, 0) is 0 Å². The molecule has 0 bridgehead atoms. The second kappa shape index (κ2) is 5.37. The molecule has 74 valence electrons. The first-order chi connectivity index (χ1) is 6.74. The fourth-order valence-electron chi connectivity index (χ4n) is 1.03. The maximum Gasteiger partial charge on any atom is 0.102 e. The van der Waals surface area contributed by atoms with E-state index in [1.54, 1.807) is 12.2 Å². The van der Waals surface area contributed by atoms with Crippen molar-refractivity contribution in [2.24, 2.45) is 0 Å². The maximum atomic E-state index is 9.37. The van der Waals surface area contributed by atoms with Crippen molar-refractivity contribution >= 4 is 6.08 Å². The quantitative estimate of drug-likeness (QED) is 0.708. The predicted octanol–water partition coefficient (Wildman–Crippen LogP) is 1.61. The van der Waals surface area contributed by atoms with Crippen molar-refractivity contribution in [2.75, 3.05) is 0 Å². The molecule has 0 spiro atoms. The Morgan fingerprint density at radius 1 is 1.07 bits per heavy atom. The van der Waals surface area contributed by atoms with Crippen LogP contribution in [0, 0.1) is 0 Å². The predicted molar refractivity (Wildman–Crippen MR) is 57.7 cm³/mol. The molecule has 0 saturated carbocycles. The van der Waals surface area contributed by atoms with Gasteiger partial charge in [0.05, 0.1) is 0 Å². The van der Waals surface area contributed by atoms with E-state index in [1.807, 2.05) is 30.3 Å². The highest BCUT2D eigenvalue weighted by atomic mass is 16.3. The summed E-state index contributed by atoms with van der Waals surface area (Å²) in [5.41, 5.74) is 0.989. The maximum absolute atomic E-state index is 9.37. The van der Waals surface area contributed by atoms with Crippen molar-refractivity contribution in [3.8, 4) is 0 Å². The van der Waals surface area contributed by atoms with Crippen molar-refractivity contribution in [3.63, 3.8) is 0 Å². The summed E-state index contributed by atoms with van der Waals surface area (Å²) >= 11 is 0. The molecule has 2 atom stereocenters. The molecule has 0 saturated heterocycles. The number of aliphatic hydroxyl groups excluding tert-OH is 2. The van der Waals surface area contributed by atoms with Crippen molar-refractivity contribution in [1.82, 2.24) is 0 Å². The zero-order valence-corrected chi connectivity index (χ0v) is 7.88. The highest BCUT2D eigenvalue weighted by Crippen LogP contribution is 2.04. The molecule has 1 rings (SSSR count). The summed E-state index contributed by atoms with van der Waals surface area (Å²) in [6.07, 6.45) is 2.81. The van der Waals surface area contributed by atoms with E-state index in [1.165, 1.54) is 6.08 Å². The van der Waals surface area contributed by atoms with Crippen molar-refractivity contribution < 1.29 is 10.2 Å². The van der Waals surface area contributed by atoms with Gasteiger partial charge < -0.3 is 10.2 Å². The minimum absolute atomic E-state index is 0.896. The van der Waals surface area contributed by atoms with Crippen molar-refractivity contribution in [3.05, 3.63) is 54.6 Å².